The van der Waals surface area contributed by atoms with E-state index in [0.29, 0.717) is 11.3 Å². The van der Waals surface area contributed by atoms with Gasteiger partial charge in [0.15, 0.2) is 0 Å². The summed E-state index contributed by atoms with van der Waals surface area (Å²) >= 11 is 0. The molecule has 4 heteroatoms. The molecule has 0 aliphatic rings. The lowest BCUT2D eigenvalue weighted by atomic mass is 10.2. The first kappa shape index (κ1) is 9.25. The minimum atomic E-state index is -0.238. The summed E-state index contributed by atoms with van der Waals surface area (Å²) in [5, 5.41) is 3.61. The molecule has 0 aliphatic heterocycles. The summed E-state index contributed by atoms with van der Waals surface area (Å²) in [5.74, 6) is -0.238. The minimum Gasteiger partial charge on any atom is -0.399 e. The van der Waals surface area contributed by atoms with Crippen molar-refractivity contribution in [1.29, 1.82) is 0 Å². The van der Waals surface area contributed by atoms with Crippen LogP contribution in [0.3, 0.4) is 0 Å². The number of hydrazone groups is 1. The van der Waals surface area contributed by atoms with Gasteiger partial charge in [-0.3, -0.25) is 4.79 Å². The highest BCUT2D eigenvalue weighted by Gasteiger charge is 2.01. The number of nitrogen functional groups attached to an aromatic ring is 1. The normalized spacial score (nSPS) is 10.2. The quantitative estimate of drug-likeness (QED) is 0.402. The monoisotopic (exact) mass is 177 g/mol. The zero-order valence-electron chi connectivity index (χ0n) is 7.32. The Labute approximate surface area is 76.4 Å². The van der Waals surface area contributed by atoms with E-state index in [1.165, 1.54) is 6.21 Å². The second kappa shape index (κ2) is 4.25. The zero-order chi connectivity index (χ0) is 9.68. The summed E-state index contributed by atoms with van der Waals surface area (Å²) in [7, 11) is 0. The minimum absolute atomic E-state index is 0.238. The molecule has 0 bridgehead atoms. The van der Waals surface area contributed by atoms with Gasteiger partial charge in [-0.05, 0) is 31.2 Å². The predicted octanol–water partition coefficient (Wildman–Crippen LogP) is 1.00. The molecule has 0 fully saturated rings. The van der Waals surface area contributed by atoms with Crippen LogP contribution in [0.1, 0.15) is 17.3 Å². The summed E-state index contributed by atoms with van der Waals surface area (Å²) in [4.78, 5) is 11.2. The number of anilines is 1. The van der Waals surface area contributed by atoms with E-state index in [2.05, 4.69) is 10.5 Å². The van der Waals surface area contributed by atoms with Gasteiger partial charge in [-0.25, -0.2) is 5.43 Å². The van der Waals surface area contributed by atoms with Crippen LogP contribution in [-0.4, -0.2) is 12.1 Å². The number of rotatable bonds is 2. The van der Waals surface area contributed by atoms with Crippen molar-refractivity contribution < 1.29 is 4.79 Å². The number of hydrogen-bond donors (Lipinski definition) is 2. The van der Waals surface area contributed by atoms with Gasteiger partial charge >= 0.3 is 0 Å². The van der Waals surface area contributed by atoms with Gasteiger partial charge in [-0.1, -0.05) is 0 Å². The number of nitrogens with zero attached hydrogens (tertiary/aromatic N) is 1. The molecule has 0 unspecified atom stereocenters. The van der Waals surface area contributed by atoms with Crippen LogP contribution in [0.5, 0.6) is 0 Å². The van der Waals surface area contributed by atoms with Crippen LogP contribution in [-0.2, 0) is 0 Å². The van der Waals surface area contributed by atoms with E-state index < -0.39 is 0 Å². The molecular weight excluding hydrogens is 166 g/mol. The van der Waals surface area contributed by atoms with Gasteiger partial charge in [0.1, 0.15) is 0 Å². The third-order valence-corrected chi connectivity index (χ3v) is 1.47. The average Bonchev–Trinajstić information content (AvgIpc) is 2.15. The highest BCUT2D eigenvalue weighted by Crippen LogP contribution is 2.04. The molecule has 0 radical (unpaired) electrons. The Balaban J connectivity index is 2.72. The van der Waals surface area contributed by atoms with Gasteiger partial charge in [0, 0.05) is 17.5 Å². The summed E-state index contributed by atoms with van der Waals surface area (Å²) in [5.41, 5.74) is 9.00. The fourth-order valence-electron chi connectivity index (χ4n) is 0.822. The summed E-state index contributed by atoms with van der Waals surface area (Å²) in [6.07, 6.45) is 1.51. The Kier molecular flexibility index (Phi) is 3.03. The topological polar surface area (TPSA) is 67.5 Å². The molecule has 1 amide bonds. The lowest BCUT2D eigenvalue weighted by molar-refractivity contribution is 0.0955. The highest BCUT2D eigenvalue weighted by atomic mass is 16.2. The smallest absolute Gasteiger partial charge is 0.271 e. The van der Waals surface area contributed by atoms with Crippen molar-refractivity contribution in [3.8, 4) is 0 Å². The molecule has 0 saturated heterocycles. The lowest BCUT2D eigenvalue weighted by Crippen LogP contribution is -2.17. The first-order chi connectivity index (χ1) is 6.24. The Morgan fingerprint density at radius 1 is 1.46 bits per heavy atom. The number of nitrogens with two attached hydrogens (primary N) is 1. The van der Waals surface area contributed by atoms with Gasteiger partial charge < -0.3 is 5.73 Å². The maximum absolute atomic E-state index is 11.2. The van der Waals surface area contributed by atoms with Crippen LogP contribution in [0, 0.1) is 0 Å². The number of benzene rings is 1. The van der Waals surface area contributed by atoms with E-state index in [4.69, 9.17) is 5.73 Å². The number of carbonyl (C=O) groups excluding carboxylic acids is 1. The van der Waals surface area contributed by atoms with Crippen molar-refractivity contribution in [3.63, 3.8) is 0 Å². The maximum Gasteiger partial charge on any atom is 0.271 e. The first-order valence-electron chi connectivity index (χ1n) is 3.87. The Hall–Kier alpha value is -1.84. The molecule has 3 N–H and O–H groups in total. The van der Waals surface area contributed by atoms with Crippen molar-refractivity contribution >= 4 is 17.8 Å². The predicted molar refractivity (Wildman–Crippen MR) is 52.5 cm³/mol. The van der Waals surface area contributed by atoms with E-state index in [-0.39, 0.29) is 5.91 Å². The van der Waals surface area contributed by atoms with E-state index in [9.17, 15) is 4.79 Å². The van der Waals surface area contributed by atoms with E-state index >= 15 is 0 Å². The second-order valence-electron chi connectivity index (χ2n) is 2.45. The Morgan fingerprint density at radius 2 is 2.08 bits per heavy atom. The van der Waals surface area contributed by atoms with Crippen LogP contribution in [0.25, 0.3) is 0 Å². The maximum atomic E-state index is 11.2. The van der Waals surface area contributed by atoms with Gasteiger partial charge in [-0.2, -0.15) is 5.10 Å². The summed E-state index contributed by atoms with van der Waals surface area (Å²) in [6, 6.07) is 6.64. The first-order valence-corrected chi connectivity index (χ1v) is 3.87. The van der Waals surface area contributed by atoms with E-state index in [1.807, 2.05) is 0 Å². The van der Waals surface area contributed by atoms with Crippen LogP contribution in [0.2, 0.25) is 0 Å². The molecule has 4 nitrogen and oxygen atoms in total. The molecule has 1 rings (SSSR count). The van der Waals surface area contributed by atoms with Gasteiger partial charge in [0.25, 0.3) is 5.91 Å². The molecule has 68 valence electrons. The standard InChI is InChI=1S/C9H11N3O/c1-2-11-12-9(13)7-3-5-8(10)6-4-7/h2-6H,10H2,1H3,(H,12,13)/b11-2-. The van der Waals surface area contributed by atoms with Crippen molar-refractivity contribution in [2.75, 3.05) is 5.73 Å². The molecular formula is C9H11N3O. The van der Waals surface area contributed by atoms with Crippen LogP contribution in [0.15, 0.2) is 29.4 Å². The number of carbonyl (C=O) groups is 1. The van der Waals surface area contributed by atoms with Crippen molar-refractivity contribution in [2.45, 2.75) is 6.92 Å². The van der Waals surface area contributed by atoms with E-state index in [0.717, 1.165) is 0 Å². The number of nitrogens with one attached hydrogen (secondary N) is 1. The third-order valence-electron chi connectivity index (χ3n) is 1.47. The fraction of sp³-hybridized carbons (Fsp3) is 0.111. The van der Waals surface area contributed by atoms with Crippen LogP contribution < -0.4 is 11.2 Å². The second-order valence-corrected chi connectivity index (χ2v) is 2.45. The summed E-state index contributed by atoms with van der Waals surface area (Å²) < 4.78 is 0. The number of amides is 1. The van der Waals surface area contributed by atoms with Crippen LogP contribution >= 0.6 is 0 Å². The van der Waals surface area contributed by atoms with Gasteiger partial charge in [0.05, 0.1) is 0 Å². The van der Waals surface area contributed by atoms with Crippen LogP contribution in [0.4, 0.5) is 5.69 Å². The molecule has 0 aromatic heterocycles. The van der Waals surface area contributed by atoms with E-state index in [1.54, 1.807) is 31.2 Å². The average molecular weight is 177 g/mol. The van der Waals surface area contributed by atoms with Crippen molar-refractivity contribution in [2.24, 2.45) is 5.10 Å². The number of hydrogen-bond acceptors (Lipinski definition) is 3. The lowest BCUT2D eigenvalue weighted by Gasteiger charge is -1.99. The fourth-order valence-corrected chi connectivity index (χ4v) is 0.822. The Bertz CT molecular complexity index is 316. The molecule has 0 atom stereocenters. The highest BCUT2D eigenvalue weighted by molar-refractivity contribution is 5.94. The largest absolute Gasteiger partial charge is 0.399 e. The molecule has 0 aliphatic carbocycles. The molecule has 0 spiro atoms. The third kappa shape index (κ3) is 2.59. The van der Waals surface area contributed by atoms with Crippen molar-refractivity contribution in [1.82, 2.24) is 5.43 Å². The van der Waals surface area contributed by atoms with Gasteiger partial charge in [-0.15, -0.1) is 0 Å². The SMILES string of the molecule is C/C=N\NC(=O)c1ccc(N)cc1. The van der Waals surface area contributed by atoms with Gasteiger partial charge in [0.2, 0.25) is 0 Å². The molecule has 1 aromatic carbocycles. The molecule has 1 aromatic rings. The van der Waals surface area contributed by atoms with Crippen molar-refractivity contribution in [3.05, 3.63) is 29.8 Å². The Morgan fingerprint density at radius 3 is 2.62 bits per heavy atom. The molecule has 0 heterocycles. The summed E-state index contributed by atoms with van der Waals surface area (Å²) in [6.45, 7) is 1.73. The molecule has 0 saturated carbocycles. The molecule has 13 heavy (non-hydrogen) atoms. The zero-order valence-corrected chi connectivity index (χ0v) is 7.32.